The second-order valence-corrected chi connectivity index (χ2v) is 7.67. The van der Waals surface area contributed by atoms with E-state index in [0.717, 1.165) is 30.7 Å². The van der Waals surface area contributed by atoms with Gasteiger partial charge in [0, 0.05) is 12.5 Å². The predicted molar refractivity (Wildman–Crippen MR) is 98.1 cm³/mol. The van der Waals surface area contributed by atoms with E-state index in [0.29, 0.717) is 4.60 Å². The zero-order chi connectivity index (χ0) is 17.7. The van der Waals surface area contributed by atoms with Crippen LogP contribution < -0.4 is 10.1 Å². The second-order valence-electron chi connectivity index (χ2n) is 6.92. The van der Waals surface area contributed by atoms with E-state index in [4.69, 9.17) is 9.47 Å². The summed E-state index contributed by atoms with van der Waals surface area (Å²) in [4.78, 5) is 16.3. The van der Waals surface area contributed by atoms with Crippen LogP contribution in [0.5, 0.6) is 5.75 Å². The molecule has 1 N–H and O–H groups in total. The topological polar surface area (TPSA) is 60.5 Å². The number of nitrogens with one attached hydrogen (secondary N) is 1. The third-order valence-corrected chi connectivity index (χ3v) is 4.14. The van der Waals surface area contributed by atoms with Crippen LogP contribution in [0.2, 0.25) is 0 Å². The van der Waals surface area contributed by atoms with Gasteiger partial charge in [0.15, 0.2) is 5.75 Å². The molecule has 1 aliphatic rings. The fourth-order valence-electron chi connectivity index (χ4n) is 2.62. The van der Waals surface area contributed by atoms with Crippen molar-refractivity contribution in [1.29, 1.82) is 0 Å². The van der Waals surface area contributed by atoms with Crippen LogP contribution in [0.3, 0.4) is 0 Å². The molecule has 1 amide bonds. The summed E-state index contributed by atoms with van der Waals surface area (Å²) in [7, 11) is 0. The minimum Gasteiger partial charge on any atom is -0.488 e. The number of halogens is 1. The third-order valence-electron chi connectivity index (χ3n) is 3.57. The van der Waals surface area contributed by atoms with Crippen LogP contribution in [0.1, 0.15) is 52.7 Å². The molecular formula is C18H25BrN2O3. The van der Waals surface area contributed by atoms with Crippen molar-refractivity contribution in [2.45, 2.75) is 64.7 Å². The second kappa shape index (κ2) is 8.01. The maximum atomic E-state index is 11.8. The maximum Gasteiger partial charge on any atom is 0.407 e. The third kappa shape index (κ3) is 5.82. The highest BCUT2D eigenvalue weighted by Gasteiger charge is 2.29. The first-order valence-electron chi connectivity index (χ1n) is 8.22. The van der Waals surface area contributed by atoms with Crippen molar-refractivity contribution < 1.29 is 14.3 Å². The number of amides is 1. The first-order chi connectivity index (χ1) is 11.3. The Kier molecular flexibility index (Phi) is 6.27. The van der Waals surface area contributed by atoms with Gasteiger partial charge in [-0.25, -0.2) is 9.78 Å². The first-order valence-corrected chi connectivity index (χ1v) is 9.01. The molecule has 0 radical (unpaired) electrons. The molecule has 2 rings (SSSR count). The molecule has 1 aromatic heterocycles. The van der Waals surface area contributed by atoms with E-state index >= 15 is 0 Å². The summed E-state index contributed by atoms with van der Waals surface area (Å²) in [6.07, 6.45) is 6.11. The highest BCUT2D eigenvalue weighted by atomic mass is 79.9. The van der Waals surface area contributed by atoms with Gasteiger partial charge in [0.25, 0.3) is 0 Å². The fraction of sp³-hybridized carbons (Fsp3) is 0.556. The summed E-state index contributed by atoms with van der Waals surface area (Å²) in [5.74, 6) is 0.728. The van der Waals surface area contributed by atoms with E-state index in [-0.39, 0.29) is 18.2 Å². The molecule has 0 saturated heterocycles. The Morgan fingerprint density at radius 3 is 2.75 bits per heavy atom. The number of pyridine rings is 1. The van der Waals surface area contributed by atoms with Crippen LogP contribution in [0.25, 0.3) is 6.08 Å². The number of aromatic nitrogens is 1. The molecule has 1 fully saturated rings. The smallest absolute Gasteiger partial charge is 0.407 e. The van der Waals surface area contributed by atoms with Gasteiger partial charge in [-0.05, 0) is 74.7 Å². The zero-order valence-electron chi connectivity index (χ0n) is 14.6. The van der Waals surface area contributed by atoms with Gasteiger partial charge in [-0.3, -0.25) is 0 Å². The average molecular weight is 397 g/mol. The molecule has 6 heteroatoms. The lowest BCUT2D eigenvalue weighted by atomic mass is 10.2. The van der Waals surface area contributed by atoms with E-state index in [9.17, 15) is 4.79 Å². The van der Waals surface area contributed by atoms with Gasteiger partial charge in [0.05, 0.1) is 5.69 Å². The maximum absolute atomic E-state index is 11.8. The number of hydrogen-bond acceptors (Lipinski definition) is 4. The summed E-state index contributed by atoms with van der Waals surface area (Å²) < 4.78 is 12.0. The van der Waals surface area contributed by atoms with Crippen LogP contribution in [0, 0.1) is 0 Å². The number of nitrogens with zero attached hydrogens (tertiary/aromatic N) is 1. The van der Waals surface area contributed by atoms with E-state index in [1.165, 1.54) is 0 Å². The molecule has 0 unspecified atom stereocenters. The van der Waals surface area contributed by atoms with Crippen molar-refractivity contribution in [2.24, 2.45) is 0 Å². The Morgan fingerprint density at radius 2 is 2.12 bits per heavy atom. The predicted octanol–water partition coefficient (Wildman–Crippen LogP) is 4.70. The van der Waals surface area contributed by atoms with Crippen LogP contribution in [-0.4, -0.2) is 28.8 Å². The van der Waals surface area contributed by atoms with Gasteiger partial charge in [-0.2, -0.15) is 0 Å². The summed E-state index contributed by atoms with van der Waals surface area (Å²) in [5.41, 5.74) is 0.400. The molecule has 1 aromatic rings. The standard InChI is InChI=1S/C18H25BrN2O3/c1-5-6-12-8-10-15(16(19)20-12)23-14-9-7-13(11-14)21-17(22)24-18(2,3)4/h5-6,8,10,13-14H,7,9,11H2,1-4H3,(H,21,22)/t13-,14+/m0/s1. The molecule has 132 valence electrons. The number of ether oxygens (including phenoxy) is 2. The summed E-state index contributed by atoms with van der Waals surface area (Å²) in [5, 5.41) is 2.91. The zero-order valence-corrected chi connectivity index (χ0v) is 16.2. The van der Waals surface area contributed by atoms with Gasteiger partial charge >= 0.3 is 6.09 Å². The normalized spacial score (nSPS) is 21.0. The number of hydrogen-bond donors (Lipinski definition) is 1. The van der Waals surface area contributed by atoms with Gasteiger partial charge in [0.2, 0.25) is 0 Å². The number of carbonyl (C=O) groups excluding carboxylic acids is 1. The molecule has 0 aromatic carbocycles. The van der Waals surface area contributed by atoms with Gasteiger partial charge < -0.3 is 14.8 Å². The first kappa shape index (κ1) is 18.8. The Morgan fingerprint density at radius 1 is 1.38 bits per heavy atom. The summed E-state index contributed by atoms with van der Waals surface area (Å²) >= 11 is 3.45. The highest BCUT2D eigenvalue weighted by molar-refractivity contribution is 9.10. The van der Waals surface area contributed by atoms with Gasteiger partial charge in [0.1, 0.15) is 16.3 Å². The van der Waals surface area contributed by atoms with Crippen LogP contribution in [0.15, 0.2) is 22.8 Å². The molecular weight excluding hydrogens is 372 g/mol. The summed E-state index contributed by atoms with van der Waals surface area (Å²) in [6, 6.07) is 3.92. The molecule has 1 saturated carbocycles. The van der Waals surface area contributed by atoms with Crippen molar-refractivity contribution in [2.75, 3.05) is 0 Å². The van der Waals surface area contributed by atoms with Gasteiger partial charge in [-0.15, -0.1) is 0 Å². The number of carbonyl (C=O) groups is 1. The lowest BCUT2D eigenvalue weighted by molar-refractivity contribution is 0.0503. The van der Waals surface area contributed by atoms with Crippen molar-refractivity contribution in [1.82, 2.24) is 10.3 Å². The molecule has 5 nitrogen and oxygen atoms in total. The highest BCUT2D eigenvalue weighted by Crippen LogP contribution is 2.29. The molecule has 0 bridgehead atoms. The Labute approximate surface area is 152 Å². The summed E-state index contributed by atoms with van der Waals surface area (Å²) in [6.45, 7) is 7.52. The Balaban J connectivity index is 1.87. The van der Waals surface area contributed by atoms with E-state index in [1.807, 2.05) is 52.0 Å². The minimum absolute atomic E-state index is 0.0654. The molecule has 24 heavy (non-hydrogen) atoms. The van der Waals surface area contributed by atoms with E-state index in [1.54, 1.807) is 0 Å². The Bertz CT molecular complexity index is 611. The van der Waals surface area contributed by atoms with Crippen LogP contribution >= 0.6 is 15.9 Å². The average Bonchev–Trinajstić information content (AvgIpc) is 2.87. The molecule has 0 spiro atoms. The number of allylic oxidation sites excluding steroid dienone is 1. The van der Waals surface area contributed by atoms with E-state index < -0.39 is 5.60 Å². The Hall–Kier alpha value is -1.56. The van der Waals surface area contributed by atoms with Crippen molar-refractivity contribution in [3.05, 3.63) is 28.5 Å². The quantitative estimate of drug-likeness (QED) is 0.748. The molecule has 1 aliphatic carbocycles. The largest absolute Gasteiger partial charge is 0.488 e. The lowest BCUT2D eigenvalue weighted by Gasteiger charge is -2.21. The van der Waals surface area contributed by atoms with Crippen molar-refractivity contribution in [3.8, 4) is 5.75 Å². The van der Waals surface area contributed by atoms with Crippen LogP contribution in [-0.2, 0) is 4.74 Å². The lowest BCUT2D eigenvalue weighted by Crippen LogP contribution is -2.38. The van der Waals surface area contributed by atoms with Crippen LogP contribution in [0.4, 0.5) is 4.79 Å². The number of alkyl carbamates (subject to hydrolysis) is 1. The monoisotopic (exact) mass is 396 g/mol. The molecule has 1 heterocycles. The van der Waals surface area contributed by atoms with Crippen molar-refractivity contribution in [3.63, 3.8) is 0 Å². The molecule has 0 aliphatic heterocycles. The van der Waals surface area contributed by atoms with Gasteiger partial charge in [-0.1, -0.05) is 6.08 Å². The fourth-order valence-corrected chi connectivity index (χ4v) is 3.05. The molecule has 2 atom stereocenters. The minimum atomic E-state index is -0.482. The van der Waals surface area contributed by atoms with Crippen molar-refractivity contribution >= 4 is 28.1 Å². The number of rotatable bonds is 4. The SMILES string of the molecule is CC=Cc1ccc(O[C@@H]2CC[C@H](NC(=O)OC(C)(C)C)C2)c(Br)n1. The van der Waals surface area contributed by atoms with E-state index in [2.05, 4.69) is 26.2 Å².